The number of aromatic nitrogens is 3. The summed E-state index contributed by atoms with van der Waals surface area (Å²) in [6.07, 6.45) is 3.78. The van der Waals surface area contributed by atoms with Crippen LogP contribution in [0, 0.1) is 5.92 Å². The molecule has 0 saturated heterocycles. The highest BCUT2D eigenvalue weighted by atomic mass is 15.3. The van der Waals surface area contributed by atoms with Gasteiger partial charge >= 0.3 is 0 Å². The van der Waals surface area contributed by atoms with Crippen LogP contribution in [0.4, 0.5) is 0 Å². The third-order valence-electron chi connectivity index (χ3n) is 2.30. The molecule has 86 valence electrons. The van der Waals surface area contributed by atoms with Crippen LogP contribution in [0.2, 0.25) is 0 Å². The van der Waals surface area contributed by atoms with Gasteiger partial charge in [-0.15, -0.1) is 0 Å². The summed E-state index contributed by atoms with van der Waals surface area (Å²) < 4.78 is 1.96. The fourth-order valence-corrected chi connectivity index (χ4v) is 1.51. The maximum Gasteiger partial charge on any atom is 0.138 e. The molecular formula is C11H22N4. The standard InChI is InChI=1S/C11H22N4/c1-4-15-11(13-9-14-15)6-5-7-12-8-10(2)3/h9-10,12H,4-8H2,1-3H3. The van der Waals surface area contributed by atoms with E-state index in [1.54, 1.807) is 6.33 Å². The molecule has 1 aromatic rings. The van der Waals surface area contributed by atoms with Gasteiger partial charge in [-0.1, -0.05) is 13.8 Å². The molecule has 0 spiro atoms. The van der Waals surface area contributed by atoms with Gasteiger partial charge in [0.05, 0.1) is 0 Å². The maximum absolute atomic E-state index is 4.24. The van der Waals surface area contributed by atoms with E-state index in [4.69, 9.17) is 0 Å². The molecule has 0 radical (unpaired) electrons. The molecule has 15 heavy (non-hydrogen) atoms. The number of rotatable bonds is 7. The van der Waals surface area contributed by atoms with E-state index < -0.39 is 0 Å². The van der Waals surface area contributed by atoms with Crippen molar-refractivity contribution in [2.45, 2.75) is 40.2 Å². The molecule has 0 atom stereocenters. The van der Waals surface area contributed by atoms with Crippen LogP contribution in [0.3, 0.4) is 0 Å². The van der Waals surface area contributed by atoms with Crippen molar-refractivity contribution < 1.29 is 0 Å². The van der Waals surface area contributed by atoms with Crippen molar-refractivity contribution in [2.24, 2.45) is 5.92 Å². The van der Waals surface area contributed by atoms with E-state index in [0.717, 1.165) is 44.2 Å². The van der Waals surface area contributed by atoms with Crippen LogP contribution in [0.5, 0.6) is 0 Å². The van der Waals surface area contributed by atoms with E-state index >= 15 is 0 Å². The third kappa shape index (κ3) is 4.42. The number of nitrogens with one attached hydrogen (secondary N) is 1. The first-order valence-corrected chi connectivity index (χ1v) is 5.81. The molecule has 1 aromatic heterocycles. The Morgan fingerprint density at radius 1 is 1.47 bits per heavy atom. The molecule has 4 nitrogen and oxygen atoms in total. The summed E-state index contributed by atoms with van der Waals surface area (Å²) in [6.45, 7) is 9.61. The first-order chi connectivity index (χ1) is 7.24. The highest BCUT2D eigenvalue weighted by Gasteiger charge is 2.01. The van der Waals surface area contributed by atoms with E-state index in [0.29, 0.717) is 0 Å². The third-order valence-corrected chi connectivity index (χ3v) is 2.30. The average molecular weight is 210 g/mol. The van der Waals surface area contributed by atoms with Gasteiger partial charge in [-0.05, 0) is 32.4 Å². The number of hydrogen-bond acceptors (Lipinski definition) is 3. The smallest absolute Gasteiger partial charge is 0.138 e. The summed E-state index contributed by atoms with van der Waals surface area (Å²) in [6, 6.07) is 0. The Bertz CT molecular complexity index is 267. The van der Waals surface area contributed by atoms with Gasteiger partial charge in [-0.3, -0.25) is 4.68 Å². The Morgan fingerprint density at radius 2 is 2.27 bits per heavy atom. The molecule has 0 aliphatic rings. The molecule has 0 bridgehead atoms. The highest BCUT2D eigenvalue weighted by Crippen LogP contribution is 1.98. The second-order valence-corrected chi connectivity index (χ2v) is 4.19. The highest BCUT2D eigenvalue weighted by molar-refractivity contribution is 4.84. The minimum atomic E-state index is 0.726. The molecule has 1 rings (SSSR count). The van der Waals surface area contributed by atoms with Crippen molar-refractivity contribution in [1.82, 2.24) is 20.1 Å². The van der Waals surface area contributed by atoms with Crippen LogP contribution in [-0.2, 0) is 13.0 Å². The van der Waals surface area contributed by atoms with Gasteiger partial charge in [0.1, 0.15) is 12.2 Å². The predicted molar refractivity (Wildman–Crippen MR) is 61.7 cm³/mol. The first kappa shape index (κ1) is 12.2. The molecule has 0 amide bonds. The maximum atomic E-state index is 4.24. The lowest BCUT2D eigenvalue weighted by Crippen LogP contribution is -2.21. The normalized spacial score (nSPS) is 11.2. The summed E-state index contributed by atoms with van der Waals surface area (Å²) in [4.78, 5) is 4.24. The lowest BCUT2D eigenvalue weighted by atomic mass is 10.2. The zero-order chi connectivity index (χ0) is 11.1. The number of nitrogens with zero attached hydrogens (tertiary/aromatic N) is 3. The molecular weight excluding hydrogens is 188 g/mol. The lowest BCUT2D eigenvalue weighted by Gasteiger charge is -2.07. The van der Waals surface area contributed by atoms with Crippen molar-refractivity contribution in [1.29, 1.82) is 0 Å². The van der Waals surface area contributed by atoms with Crippen molar-refractivity contribution in [3.05, 3.63) is 12.2 Å². The van der Waals surface area contributed by atoms with Gasteiger partial charge in [0, 0.05) is 13.0 Å². The van der Waals surface area contributed by atoms with Crippen molar-refractivity contribution >= 4 is 0 Å². The van der Waals surface area contributed by atoms with Gasteiger partial charge in [0.2, 0.25) is 0 Å². The summed E-state index contributed by atoms with van der Waals surface area (Å²) in [5.41, 5.74) is 0. The second kappa shape index (κ2) is 6.56. The first-order valence-electron chi connectivity index (χ1n) is 5.81. The van der Waals surface area contributed by atoms with Crippen molar-refractivity contribution in [2.75, 3.05) is 13.1 Å². The molecule has 0 saturated carbocycles. The number of hydrogen-bond donors (Lipinski definition) is 1. The Morgan fingerprint density at radius 3 is 2.93 bits per heavy atom. The fourth-order valence-electron chi connectivity index (χ4n) is 1.51. The van der Waals surface area contributed by atoms with E-state index in [9.17, 15) is 0 Å². The Kier molecular flexibility index (Phi) is 5.32. The minimum absolute atomic E-state index is 0.726. The lowest BCUT2D eigenvalue weighted by molar-refractivity contribution is 0.532. The Balaban J connectivity index is 2.15. The zero-order valence-electron chi connectivity index (χ0n) is 10.0. The van der Waals surface area contributed by atoms with Gasteiger partial charge in [-0.25, -0.2) is 4.98 Å². The topological polar surface area (TPSA) is 42.7 Å². The van der Waals surface area contributed by atoms with Crippen LogP contribution in [0.1, 0.15) is 33.0 Å². The van der Waals surface area contributed by atoms with Gasteiger partial charge in [-0.2, -0.15) is 5.10 Å². The van der Waals surface area contributed by atoms with E-state index in [1.165, 1.54) is 0 Å². The predicted octanol–water partition coefficient (Wildman–Crippen LogP) is 1.48. The van der Waals surface area contributed by atoms with Gasteiger partial charge in [0.25, 0.3) is 0 Å². The minimum Gasteiger partial charge on any atom is -0.316 e. The van der Waals surface area contributed by atoms with E-state index in [1.807, 2.05) is 4.68 Å². The quantitative estimate of drug-likeness (QED) is 0.693. The molecule has 0 aliphatic carbocycles. The summed E-state index contributed by atoms with van der Waals surface area (Å²) in [7, 11) is 0. The van der Waals surface area contributed by atoms with Gasteiger partial charge in [0.15, 0.2) is 0 Å². The second-order valence-electron chi connectivity index (χ2n) is 4.19. The SMILES string of the molecule is CCn1ncnc1CCCNCC(C)C. The van der Waals surface area contributed by atoms with Crippen LogP contribution in [-0.4, -0.2) is 27.9 Å². The van der Waals surface area contributed by atoms with Crippen molar-refractivity contribution in [3.8, 4) is 0 Å². The van der Waals surface area contributed by atoms with Gasteiger partial charge < -0.3 is 5.32 Å². The van der Waals surface area contributed by atoms with Crippen LogP contribution >= 0.6 is 0 Å². The Hall–Kier alpha value is -0.900. The summed E-state index contributed by atoms with van der Waals surface area (Å²) in [5.74, 6) is 1.83. The van der Waals surface area contributed by atoms with Crippen LogP contribution in [0.25, 0.3) is 0 Å². The fraction of sp³-hybridized carbons (Fsp3) is 0.818. The van der Waals surface area contributed by atoms with E-state index in [-0.39, 0.29) is 0 Å². The molecule has 1 N–H and O–H groups in total. The molecule has 0 aliphatic heterocycles. The molecule has 0 unspecified atom stereocenters. The Labute approximate surface area is 92.1 Å². The largest absolute Gasteiger partial charge is 0.316 e. The van der Waals surface area contributed by atoms with E-state index in [2.05, 4.69) is 36.2 Å². The van der Waals surface area contributed by atoms with Crippen LogP contribution < -0.4 is 5.32 Å². The molecule has 1 heterocycles. The molecule has 0 aromatic carbocycles. The number of aryl methyl sites for hydroxylation is 2. The average Bonchev–Trinajstić information content (AvgIpc) is 2.64. The monoisotopic (exact) mass is 210 g/mol. The van der Waals surface area contributed by atoms with Crippen molar-refractivity contribution in [3.63, 3.8) is 0 Å². The summed E-state index contributed by atoms with van der Waals surface area (Å²) in [5, 5.41) is 7.57. The zero-order valence-corrected chi connectivity index (χ0v) is 10.0. The summed E-state index contributed by atoms with van der Waals surface area (Å²) >= 11 is 0. The van der Waals surface area contributed by atoms with Crippen LogP contribution in [0.15, 0.2) is 6.33 Å². The molecule has 0 fully saturated rings. The molecule has 4 heteroatoms.